The fourth-order valence-electron chi connectivity index (χ4n) is 2.26. The largest absolute Gasteiger partial charge is 0.503 e. The number of fused-ring (bicyclic) bond motifs is 1. The fourth-order valence-corrected chi connectivity index (χ4v) is 2.26. The van der Waals surface area contributed by atoms with E-state index in [0.29, 0.717) is 17.3 Å². The maximum atomic E-state index is 12.1. The number of aromatic amines is 1. The second-order valence-corrected chi connectivity index (χ2v) is 4.96. The van der Waals surface area contributed by atoms with Gasteiger partial charge in [-0.05, 0) is 18.6 Å². The Morgan fingerprint density at radius 1 is 1.20 bits per heavy atom. The number of hydrogen-bond donors (Lipinski definition) is 2. The number of carbonyl (C=O) groups is 1. The molecule has 4 nitrogen and oxygen atoms in total. The summed E-state index contributed by atoms with van der Waals surface area (Å²) >= 11 is 0. The Bertz CT molecular complexity index is 673. The summed E-state index contributed by atoms with van der Waals surface area (Å²) in [6, 6.07) is 6.86. The Morgan fingerprint density at radius 3 is 2.70 bits per heavy atom. The van der Waals surface area contributed by atoms with E-state index in [1.54, 1.807) is 24.3 Å². The zero-order valence-electron chi connectivity index (χ0n) is 11.6. The second-order valence-electron chi connectivity index (χ2n) is 4.96. The van der Waals surface area contributed by atoms with Gasteiger partial charge in [0.2, 0.25) is 5.43 Å². The average molecular weight is 273 g/mol. The van der Waals surface area contributed by atoms with Gasteiger partial charge >= 0.3 is 0 Å². The maximum Gasteiger partial charge on any atom is 0.231 e. The molecule has 0 unspecified atom stereocenters. The van der Waals surface area contributed by atoms with Gasteiger partial charge < -0.3 is 10.1 Å². The number of H-pyrrole nitrogens is 1. The van der Waals surface area contributed by atoms with Crippen molar-refractivity contribution >= 4 is 16.7 Å². The van der Waals surface area contributed by atoms with Crippen molar-refractivity contribution in [2.24, 2.45) is 0 Å². The van der Waals surface area contributed by atoms with Crippen LogP contribution in [0.15, 0.2) is 29.1 Å². The number of unbranched alkanes of at least 4 members (excludes halogenated alkanes) is 3. The molecule has 0 aliphatic rings. The van der Waals surface area contributed by atoms with Crippen LogP contribution in [-0.2, 0) is 0 Å². The quantitative estimate of drug-likeness (QED) is 0.626. The summed E-state index contributed by atoms with van der Waals surface area (Å²) in [6.07, 6.45) is 4.31. The van der Waals surface area contributed by atoms with Crippen molar-refractivity contribution in [1.82, 2.24) is 4.98 Å². The van der Waals surface area contributed by atoms with E-state index in [-0.39, 0.29) is 11.5 Å². The number of aromatic nitrogens is 1. The Morgan fingerprint density at radius 2 is 1.95 bits per heavy atom. The molecule has 2 rings (SSSR count). The Hall–Kier alpha value is -2.10. The molecule has 1 aromatic heterocycles. The number of aromatic hydroxyl groups is 1. The molecular formula is C16H19NO3. The van der Waals surface area contributed by atoms with Crippen LogP contribution in [-0.4, -0.2) is 15.9 Å². The summed E-state index contributed by atoms with van der Waals surface area (Å²) in [5.41, 5.74) is 0.119. The van der Waals surface area contributed by atoms with Crippen LogP contribution in [0.5, 0.6) is 5.75 Å². The van der Waals surface area contributed by atoms with Crippen LogP contribution >= 0.6 is 0 Å². The molecule has 0 fully saturated rings. The third-order valence-electron chi connectivity index (χ3n) is 3.42. The molecule has 2 aromatic rings. The number of hydrogen-bond acceptors (Lipinski definition) is 3. The van der Waals surface area contributed by atoms with Crippen LogP contribution in [0.2, 0.25) is 0 Å². The van der Waals surface area contributed by atoms with E-state index in [9.17, 15) is 14.7 Å². The van der Waals surface area contributed by atoms with Gasteiger partial charge in [0.15, 0.2) is 11.5 Å². The van der Waals surface area contributed by atoms with E-state index in [1.165, 1.54) is 0 Å². The highest BCUT2D eigenvalue weighted by atomic mass is 16.3. The van der Waals surface area contributed by atoms with Gasteiger partial charge in [-0.25, -0.2) is 0 Å². The van der Waals surface area contributed by atoms with E-state index in [2.05, 4.69) is 11.9 Å². The standard InChI is InChI=1S/C16H19NO3/c1-2-3-4-5-10-13(18)14-16(20)15(19)11-8-6-7-9-12(11)17-14/h6-9,20H,2-5,10H2,1H3,(H,17,19). The molecule has 106 valence electrons. The number of ketones is 1. The molecule has 1 aromatic carbocycles. The number of nitrogens with one attached hydrogen (secondary N) is 1. The molecular weight excluding hydrogens is 254 g/mol. The zero-order chi connectivity index (χ0) is 14.5. The van der Waals surface area contributed by atoms with Crippen molar-refractivity contribution in [1.29, 1.82) is 0 Å². The summed E-state index contributed by atoms with van der Waals surface area (Å²) in [5, 5.41) is 10.3. The molecule has 0 spiro atoms. The monoisotopic (exact) mass is 273 g/mol. The van der Waals surface area contributed by atoms with Crippen molar-refractivity contribution in [2.45, 2.75) is 39.0 Å². The Balaban J connectivity index is 2.28. The number of pyridine rings is 1. The van der Waals surface area contributed by atoms with E-state index in [0.717, 1.165) is 25.7 Å². The highest BCUT2D eigenvalue weighted by Gasteiger charge is 2.16. The molecule has 0 aliphatic heterocycles. The van der Waals surface area contributed by atoms with Crippen LogP contribution < -0.4 is 5.43 Å². The smallest absolute Gasteiger partial charge is 0.231 e. The normalized spacial score (nSPS) is 10.8. The number of para-hydroxylation sites is 1. The Kier molecular flexibility index (Phi) is 4.56. The summed E-state index contributed by atoms with van der Waals surface area (Å²) in [6.45, 7) is 2.11. The number of rotatable bonds is 6. The van der Waals surface area contributed by atoms with Gasteiger partial charge in [0, 0.05) is 11.8 Å². The highest BCUT2D eigenvalue weighted by Crippen LogP contribution is 2.18. The van der Waals surface area contributed by atoms with E-state index in [4.69, 9.17) is 0 Å². The first-order valence-electron chi connectivity index (χ1n) is 7.02. The van der Waals surface area contributed by atoms with Crippen LogP contribution in [0.4, 0.5) is 0 Å². The van der Waals surface area contributed by atoms with E-state index >= 15 is 0 Å². The van der Waals surface area contributed by atoms with Crippen molar-refractivity contribution in [3.05, 3.63) is 40.2 Å². The van der Waals surface area contributed by atoms with Gasteiger partial charge in [-0.3, -0.25) is 9.59 Å². The van der Waals surface area contributed by atoms with Crippen molar-refractivity contribution in [3.63, 3.8) is 0 Å². The first-order chi connectivity index (χ1) is 9.65. The minimum atomic E-state index is -0.490. The van der Waals surface area contributed by atoms with Crippen molar-refractivity contribution < 1.29 is 9.90 Å². The topological polar surface area (TPSA) is 70.2 Å². The lowest BCUT2D eigenvalue weighted by Gasteiger charge is -2.06. The second kappa shape index (κ2) is 6.37. The summed E-state index contributed by atoms with van der Waals surface area (Å²) in [5.74, 6) is -0.675. The summed E-state index contributed by atoms with van der Waals surface area (Å²) < 4.78 is 0. The number of benzene rings is 1. The van der Waals surface area contributed by atoms with Crippen LogP contribution in [0.1, 0.15) is 49.5 Å². The molecule has 0 saturated carbocycles. The third kappa shape index (κ3) is 2.90. The SMILES string of the molecule is CCCCCCC(=O)c1[nH]c2ccccc2c(=O)c1O. The predicted molar refractivity (Wildman–Crippen MR) is 79.3 cm³/mol. The van der Waals surface area contributed by atoms with Gasteiger partial charge in [-0.1, -0.05) is 38.3 Å². The molecule has 0 bridgehead atoms. The van der Waals surface area contributed by atoms with Gasteiger partial charge in [-0.2, -0.15) is 0 Å². The van der Waals surface area contributed by atoms with Gasteiger partial charge in [-0.15, -0.1) is 0 Å². The molecule has 0 aliphatic carbocycles. The van der Waals surface area contributed by atoms with Gasteiger partial charge in [0.25, 0.3) is 0 Å². The summed E-state index contributed by atoms with van der Waals surface area (Å²) in [7, 11) is 0. The highest BCUT2D eigenvalue weighted by molar-refractivity contribution is 5.99. The lowest BCUT2D eigenvalue weighted by atomic mass is 10.1. The molecule has 0 saturated heterocycles. The fraction of sp³-hybridized carbons (Fsp3) is 0.375. The lowest BCUT2D eigenvalue weighted by molar-refractivity contribution is 0.0971. The molecule has 20 heavy (non-hydrogen) atoms. The molecule has 4 heteroatoms. The Labute approximate surface area is 117 Å². The number of carbonyl (C=O) groups excluding carboxylic acids is 1. The molecule has 0 radical (unpaired) electrons. The molecule has 2 N–H and O–H groups in total. The van der Waals surface area contributed by atoms with Crippen molar-refractivity contribution in [2.75, 3.05) is 0 Å². The average Bonchev–Trinajstić information content (AvgIpc) is 2.47. The first kappa shape index (κ1) is 14.3. The maximum absolute atomic E-state index is 12.1. The minimum Gasteiger partial charge on any atom is -0.503 e. The van der Waals surface area contributed by atoms with Gasteiger partial charge in [0.05, 0.1) is 5.52 Å². The third-order valence-corrected chi connectivity index (χ3v) is 3.42. The van der Waals surface area contributed by atoms with Crippen LogP contribution in [0.25, 0.3) is 10.9 Å². The number of Topliss-reactive ketones (excluding diaryl/α,β-unsaturated/α-hetero) is 1. The zero-order valence-corrected chi connectivity index (χ0v) is 11.6. The lowest BCUT2D eigenvalue weighted by Crippen LogP contribution is -2.11. The first-order valence-corrected chi connectivity index (χ1v) is 7.02. The van der Waals surface area contributed by atoms with Crippen LogP contribution in [0.3, 0.4) is 0 Å². The minimum absolute atomic E-state index is 0.0326. The molecule has 0 atom stereocenters. The molecule has 0 amide bonds. The van der Waals surface area contributed by atoms with E-state index < -0.39 is 11.2 Å². The van der Waals surface area contributed by atoms with Gasteiger partial charge in [0.1, 0.15) is 5.69 Å². The van der Waals surface area contributed by atoms with Crippen molar-refractivity contribution in [3.8, 4) is 5.75 Å². The predicted octanol–water partition coefficient (Wildman–Crippen LogP) is 3.39. The van der Waals surface area contributed by atoms with E-state index in [1.807, 2.05) is 0 Å². The summed E-state index contributed by atoms with van der Waals surface area (Å²) in [4.78, 5) is 27.0. The van der Waals surface area contributed by atoms with Crippen LogP contribution in [0, 0.1) is 0 Å². The molecule has 1 heterocycles.